The topological polar surface area (TPSA) is 76.1 Å². The number of rotatable bonds is 5. The number of carbonyl (C=O) groups excluding carboxylic acids is 1. The van der Waals surface area contributed by atoms with Crippen molar-refractivity contribution < 1.29 is 9.53 Å². The average molecular weight is 300 g/mol. The Kier molecular flexibility index (Phi) is 4.93. The van der Waals surface area contributed by atoms with Gasteiger partial charge in [0.25, 0.3) is 5.91 Å². The Morgan fingerprint density at radius 2 is 1.77 bits per heavy atom. The lowest BCUT2D eigenvalue weighted by atomic mass is 10.1. The first-order chi connectivity index (χ1) is 10.4. The number of aryl methyl sites for hydroxylation is 4. The van der Waals surface area contributed by atoms with Crippen LogP contribution in [-0.2, 0) is 4.79 Å². The molecule has 0 radical (unpaired) electrons. The Balaban J connectivity index is 1.85. The van der Waals surface area contributed by atoms with E-state index in [-0.39, 0.29) is 12.5 Å². The van der Waals surface area contributed by atoms with E-state index in [1.165, 1.54) is 0 Å². The molecule has 0 aliphatic rings. The summed E-state index contributed by atoms with van der Waals surface area (Å²) in [5, 5.41) is 0. The van der Waals surface area contributed by atoms with Crippen LogP contribution in [0.25, 0.3) is 0 Å². The minimum atomic E-state index is -0.303. The quantitative estimate of drug-likeness (QED) is 0.828. The standard InChI is InChI=1S/C16H20N4O2/c1-10-5-6-14(11(2)7-10)22-9-15(21)19-20-16-17-12(3)8-13(4)18-16/h5-8H,9H2,1-4H3,(H,19,21)(H,17,18,20). The summed E-state index contributed by atoms with van der Waals surface area (Å²) >= 11 is 0. The zero-order valence-electron chi connectivity index (χ0n) is 13.2. The predicted molar refractivity (Wildman–Crippen MR) is 84.7 cm³/mol. The zero-order chi connectivity index (χ0) is 16.1. The molecule has 0 unspecified atom stereocenters. The van der Waals surface area contributed by atoms with Crippen molar-refractivity contribution in [2.24, 2.45) is 0 Å². The SMILES string of the molecule is Cc1ccc(OCC(=O)NNc2nc(C)cc(C)n2)c(C)c1. The summed E-state index contributed by atoms with van der Waals surface area (Å²) in [7, 11) is 0. The summed E-state index contributed by atoms with van der Waals surface area (Å²) < 4.78 is 5.50. The van der Waals surface area contributed by atoms with Gasteiger partial charge in [-0.3, -0.25) is 15.6 Å². The lowest BCUT2D eigenvalue weighted by Gasteiger charge is -2.11. The third-order valence-electron chi connectivity index (χ3n) is 2.99. The predicted octanol–water partition coefficient (Wildman–Crippen LogP) is 2.23. The number of amides is 1. The molecule has 0 bridgehead atoms. The van der Waals surface area contributed by atoms with E-state index in [4.69, 9.17) is 4.74 Å². The van der Waals surface area contributed by atoms with Gasteiger partial charge >= 0.3 is 0 Å². The molecule has 2 N–H and O–H groups in total. The highest BCUT2D eigenvalue weighted by molar-refractivity contribution is 5.78. The Hall–Kier alpha value is -2.63. The van der Waals surface area contributed by atoms with E-state index in [9.17, 15) is 4.79 Å². The third-order valence-corrected chi connectivity index (χ3v) is 2.99. The van der Waals surface area contributed by atoms with E-state index in [2.05, 4.69) is 20.8 Å². The maximum Gasteiger partial charge on any atom is 0.276 e. The van der Waals surface area contributed by atoms with Crippen LogP contribution in [0.5, 0.6) is 5.75 Å². The van der Waals surface area contributed by atoms with Crippen LogP contribution < -0.4 is 15.6 Å². The monoisotopic (exact) mass is 300 g/mol. The molecular formula is C16H20N4O2. The highest BCUT2D eigenvalue weighted by Gasteiger charge is 2.06. The Morgan fingerprint density at radius 3 is 2.41 bits per heavy atom. The summed E-state index contributed by atoms with van der Waals surface area (Å²) in [6.45, 7) is 7.61. The van der Waals surface area contributed by atoms with Gasteiger partial charge < -0.3 is 4.74 Å². The van der Waals surface area contributed by atoms with Crippen molar-refractivity contribution in [3.05, 3.63) is 46.8 Å². The molecule has 0 spiro atoms. The van der Waals surface area contributed by atoms with E-state index in [0.717, 1.165) is 22.5 Å². The number of carbonyl (C=O) groups is 1. The number of hydrogen-bond donors (Lipinski definition) is 2. The first-order valence-electron chi connectivity index (χ1n) is 7.01. The van der Waals surface area contributed by atoms with Gasteiger partial charge in [-0.15, -0.1) is 0 Å². The second-order valence-electron chi connectivity index (χ2n) is 5.21. The molecule has 0 aliphatic carbocycles. The van der Waals surface area contributed by atoms with E-state index < -0.39 is 0 Å². The molecule has 2 aromatic rings. The maximum absolute atomic E-state index is 11.8. The smallest absolute Gasteiger partial charge is 0.276 e. The van der Waals surface area contributed by atoms with Gasteiger partial charge in [-0.2, -0.15) is 0 Å². The second kappa shape index (κ2) is 6.89. The number of hydrogen-bond acceptors (Lipinski definition) is 5. The van der Waals surface area contributed by atoms with Crippen LogP contribution in [0.2, 0.25) is 0 Å². The molecule has 1 amide bonds. The molecule has 1 heterocycles. The van der Waals surface area contributed by atoms with E-state index in [1.807, 2.05) is 52.0 Å². The van der Waals surface area contributed by atoms with Gasteiger partial charge in [0.05, 0.1) is 0 Å². The van der Waals surface area contributed by atoms with Gasteiger partial charge in [0.1, 0.15) is 5.75 Å². The van der Waals surface area contributed by atoms with Gasteiger partial charge in [0.15, 0.2) is 6.61 Å². The fraction of sp³-hybridized carbons (Fsp3) is 0.312. The van der Waals surface area contributed by atoms with Gasteiger partial charge in [-0.05, 0) is 45.4 Å². The summed E-state index contributed by atoms with van der Waals surface area (Å²) in [4.78, 5) is 20.1. The number of benzene rings is 1. The number of aromatic nitrogens is 2. The first-order valence-corrected chi connectivity index (χ1v) is 7.01. The number of anilines is 1. The average Bonchev–Trinajstić information content (AvgIpc) is 2.43. The molecule has 22 heavy (non-hydrogen) atoms. The lowest BCUT2D eigenvalue weighted by molar-refractivity contribution is -0.122. The summed E-state index contributed by atoms with van der Waals surface area (Å²) in [6, 6.07) is 7.67. The number of hydrazine groups is 1. The van der Waals surface area contributed by atoms with E-state index in [1.54, 1.807) is 0 Å². The van der Waals surface area contributed by atoms with Crippen molar-refractivity contribution >= 4 is 11.9 Å². The molecule has 6 heteroatoms. The lowest BCUT2D eigenvalue weighted by Crippen LogP contribution is -2.34. The van der Waals surface area contributed by atoms with Gasteiger partial charge in [0.2, 0.25) is 5.95 Å². The van der Waals surface area contributed by atoms with Crippen molar-refractivity contribution in [3.63, 3.8) is 0 Å². The van der Waals surface area contributed by atoms with Crippen molar-refractivity contribution in [1.82, 2.24) is 15.4 Å². The molecule has 2 rings (SSSR count). The Bertz CT molecular complexity index is 666. The molecule has 0 atom stereocenters. The fourth-order valence-corrected chi connectivity index (χ4v) is 2.05. The first kappa shape index (κ1) is 15.8. The highest BCUT2D eigenvalue weighted by Crippen LogP contribution is 2.18. The van der Waals surface area contributed by atoms with Crippen LogP contribution in [0.4, 0.5) is 5.95 Å². The van der Waals surface area contributed by atoms with Crippen LogP contribution in [0.15, 0.2) is 24.3 Å². The summed E-state index contributed by atoms with van der Waals surface area (Å²) in [6.07, 6.45) is 0. The van der Waals surface area contributed by atoms with Crippen LogP contribution in [0.3, 0.4) is 0 Å². The summed E-state index contributed by atoms with van der Waals surface area (Å²) in [5.41, 5.74) is 9.01. The largest absolute Gasteiger partial charge is 0.483 e. The molecule has 0 saturated carbocycles. The molecule has 0 aliphatic heterocycles. The summed E-state index contributed by atoms with van der Waals surface area (Å²) in [5.74, 6) is 0.753. The minimum Gasteiger partial charge on any atom is -0.483 e. The van der Waals surface area contributed by atoms with Crippen LogP contribution in [-0.4, -0.2) is 22.5 Å². The maximum atomic E-state index is 11.8. The second-order valence-corrected chi connectivity index (χ2v) is 5.21. The van der Waals surface area contributed by atoms with Gasteiger partial charge in [-0.25, -0.2) is 9.97 Å². The van der Waals surface area contributed by atoms with Gasteiger partial charge in [-0.1, -0.05) is 17.7 Å². The highest BCUT2D eigenvalue weighted by atomic mass is 16.5. The van der Waals surface area contributed by atoms with E-state index in [0.29, 0.717) is 11.7 Å². The Morgan fingerprint density at radius 1 is 1.09 bits per heavy atom. The van der Waals surface area contributed by atoms with Crippen molar-refractivity contribution in [1.29, 1.82) is 0 Å². The van der Waals surface area contributed by atoms with Gasteiger partial charge in [0, 0.05) is 11.4 Å². The normalized spacial score (nSPS) is 10.2. The van der Waals surface area contributed by atoms with E-state index >= 15 is 0 Å². The number of nitrogens with one attached hydrogen (secondary N) is 2. The molecule has 0 fully saturated rings. The van der Waals surface area contributed by atoms with Crippen molar-refractivity contribution in [2.75, 3.05) is 12.0 Å². The Labute approximate surface area is 129 Å². The molecule has 0 saturated heterocycles. The number of nitrogens with zero attached hydrogens (tertiary/aromatic N) is 2. The van der Waals surface area contributed by atoms with Crippen LogP contribution in [0.1, 0.15) is 22.5 Å². The molecule has 116 valence electrons. The minimum absolute atomic E-state index is 0.0816. The fourth-order valence-electron chi connectivity index (χ4n) is 2.05. The molecule has 6 nitrogen and oxygen atoms in total. The zero-order valence-corrected chi connectivity index (χ0v) is 13.2. The molecule has 1 aromatic carbocycles. The van der Waals surface area contributed by atoms with Crippen LogP contribution >= 0.6 is 0 Å². The van der Waals surface area contributed by atoms with Crippen LogP contribution in [0, 0.1) is 27.7 Å². The molecule has 1 aromatic heterocycles. The van der Waals surface area contributed by atoms with Crippen molar-refractivity contribution in [2.45, 2.75) is 27.7 Å². The number of ether oxygens (including phenoxy) is 1. The molecular weight excluding hydrogens is 280 g/mol. The third kappa shape index (κ3) is 4.44. The van der Waals surface area contributed by atoms with Crippen molar-refractivity contribution in [3.8, 4) is 5.75 Å².